The zero-order valence-corrected chi connectivity index (χ0v) is 20.2. The highest BCUT2D eigenvalue weighted by Gasteiger charge is 2.12. The number of aryl methyl sites for hydroxylation is 1. The Morgan fingerprint density at radius 3 is 2.58 bits per heavy atom. The summed E-state index contributed by atoms with van der Waals surface area (Å²) in [7, 11) is 0. The zero-order chi connectivity index (χ0) is 23.2. The van der Waals surface area contributed by atoms with Crippen molar-refractivity contribution in [3.05, 3.63) is 111 Å². The standard InChI is InChI=1S/C28H21IN2O2/c1-19-7-2-5-12-26(19)31-28(32)23(17-30)15-20-13-14-27(25(29)16-20)33-18-22-10-6-9-21-8-3-4-11-24(21)22/h2-16H,18H2,1H3,(H,31,32)/b23-15-. The highest BCUT2D eigenvalue weighted by atomic mass is 127. The summed E-state index contributed by atoms with van der Waals surface area (Å²) in [5.41, 5.74) is 3.54. The second kappa shape index (κ2) is 10.3. The van der Waals surface area contributed by atoms with Crippen molar-refractivity contribution in [2.24, 2.45) is 0 Å². The van der Waals surface area contributed by atoms with E-state index in [4.69, 9.17) is 4.74 Å². The average Bonchev–Trinajstić information content (AvgIpc) is 2.83. The van der Waals surface area contributed by atoms with Crippen LogP contribution in [0, 0.1) is 21.8 Å². The Morgan fingerprint density at radius 2 is 1.79 bits per heavy atom. The summed E-state index contributed by atoms with van der Waals surface area (Å²) in [5, 5.41) is 14.7. The number of nitriles is 1. The van der Waals surface area contributed by atoms with E-state index in [0.29, 0.717) is 12.3 Å². The normalized spacial score (nSPS) is 11.1. The molecule has 0 heterocycles. The van der Waals surface area contributed by atoms with Crippen LogP contribution < -0.4 is 10.1 Å². The SMILES string of the molecule is Cc1ccccc1NC(=O)/C(C#N)=C\c1ccc(OCc2cccc3ccccc23)c(I)c1. The largest absolute Gasteiger partial charge is 0.488 e. The van der Waals surface area contributed by atoms with Gasteiger partial charge in [-0.3, -0.25) is 4.79 Å². The summed E-state index contributed by atoms with van der Waals surface area (Å²) in [5.74, 6) is 0.321. The number of rotatable bonds is 6. The summed E-state index contributed by atoms with van der Waals surface area (Å²) in [6.45, 7) is 2.36. The number of nitrogens with zero attached hydrogens (tertiary/aromatic N) is 1. The molecule has 0 saturated heterocycles. The fraction of sp³-hybridized carbons (Fsp3) is 0.0714. The third kappa shape index (κ3) is 5.41. The Bertz CT molecular complexity index is 1400. The van der Waals surface area contributed by atoms with Gasteiger partial charge < -0.3 is 10.1 Å². The summed E-state index contributed by atoms with van der Waals surface area (Å²) in [4.78, 5) is 12.6. The number of hydrogen-bond donors (Lipinski definition) is 1. The number of amides is 1. The van der Waals surface area contributed by atoms with Gasteiger partial charge in [0.15, 0.2) is 0 Å². The minimum absolute atomic E-state index is 0.0403. The second-order valence-corrected chi connectivity index (χ2v) is 8.72. The number of halogens is 1. The van der Waals surface area contributed by atoms with E-state index in [2.05, 4.69) is 52.2 Å². The molecule has 0 unspecified atom stereocenters. The first-order valence-corrected chi connectivity index (χ1v) is 11.5. The highest BCUT2D eigenvalue weighted by Crippen LogP contribution is 2.26. The maximum absolute atomic E-state index is 12.6. The first kappa shape index (κ1) is 22.6. The van der Waals surface area contributed by atoms with E-state index >= 15 is 0 Å². The van der Waals surface area contributed by atoms with Crippen LogP contribution in [0.25, 0.3) is 16.8 Å². The van der Waals surface area contributed by atoms with Gasteiger partial charge in [-0.25, -0.2) is 0 Å². The summed E-state index contributed by atoms with van der Waals surface area (Å²) in [6.07, 6.45) is 1.59. The van der Waals surface area contributed by atoms with Crippen molar-refractivity contribution < 1.29 is 9.53 Å². The maximum atomic E-state index is 12.6. The van der Waals surface area contributed by atoms with Crippen molar-refractivity contribution in [2.75, 3.05) is 5.32 Å². The van der Waals surface area contributed by atoms with Gasteiger partial charge in [0, 0.05) is 5.69 Å². The maximum Gasteiger partial charge on any atom is 0.266 e. The molecule has 0 spiro atoms. The molecule has 0 fully saturated rings. The number of carbonyl (C=O) groups is 1. The van der Waals surface area contributed by atoms with Crippen molar-refractivity contribution in [3.63, 3.8) is 0 Å². The van der Waals surface area contributed by atoms with Crippen molar-refractivity contribution in [2.45, 2.75) is 13.5 Å². The van der Waals surface area contributed by atoms with Crippen LogP contribution in [0.2, 0.25) is 0 Å². The Morgan fingerprint density at radius 1 is 1.03 bits per heavy atom. The van der Waals surface area contributed by atoms with E-state index in [-0.39, 0.29) is 5.57 Å². The van der Waals surface area contributed by atoms with Gasteiger partial charge in [0.25, 0.3) is 5.91 Å². The number of fused-ring (bicyclic) bond motifs is 1. The number of nitrogens with one attached hydrogen (secondary N) is 1. The van der Waals surface area contributed by atoms with Gasteiger partial charge in [0.2, 0.25) is 0 Å². The van der Waals surface area contributed by atoms with Crippen molar-refractivity contribution in [3.8, 4) is 11.8 Å². The molecule has 0 aliphatic carbocycles. The Hall–Kier alpha value is -3.63. The third-order valence-electron chi connectivity index (χ3n) is 5.29. The molecule has 33 heavy (non-hydrogen) atoms. The van der Waals surface area contributed by atoms with Gasteiger partial charge in [0.1, 0.15) is 24.0 Å². The van der Waals surface area contributed by atoms with Gasteiger partial charge in [0.05, 0.1) is 3.57 Å². The van der Waals surface area contributed by atoms with Crippen LogP contribution in [-0.2, 0) is 11.4 Å². The summed E-state index contributed by atoms with van der Waals surface area (Å²) < 4.78 is 6.99. The fourth-order valence-electron chi connectivity index (χ4n) is 3.52. The van der Waals surface area contributed by atoms with Gasteiger partial charge in [-0.2, -0.15) is 5.26 Å². The van der Waals surface area contributed by atoms with Crippen molar-refractivity contribution in [1.29, 1.82) is 5.26 Å². The minimum atomic E-state index is -0.432. The first-order chi connectivity index (χ1) is 16.0. The molecule has 5 heteroatoms. The number of carbonyl (C=O) groups excluding carboxylic acids is 1. The van der Waals surface area contributed by atoms with Crippen molar-refractivity contribution >= 4 is 51.0 Å². The molecule has 1 amide bonds. The summed E-state index contributed by atoms with van der Waals surface area (Å²) >= 11 is 2.21. The van der Waals surface area contributed by atoms with Gasteiger partial charge in [-0.15, -0.1) is 0 Å². The van der Waals surface area contributed by atoms with Crippen LogP contribution in [-0.4, -0.2) is 5.91 Å². The molecule has 0 aliphatic heterocycles. The van der Waals surface area contributed by atoms with E-state index < -0.39 is 5.91 Å². The number of para-hydroxylation sites is 1. The molecule has 4 aromatic carbocycles. The van der Waals surface area contributed by atoms with Gasteiger partial charge in [-0.05, 0) is 81.3 Å². The Labute approximate surface area is 206 Å². The first-order valence-electron chi connectivity index (χ1n) is 10.4. The van der Waals surface area contributed by atoms with Crippen LogP contribution in [0.4, 0.5) is 5.69 Å². The highest BCUT2D eigenvalue weighted by molar-refractivity contribution is 14.1. The molecular formula is C28H21IN2O2. The Kier molecular flexibility index (Phi) is 7.06. The Balaban J connectivity index is 1.49. The van der Waals surface area contributed by atoms with E-state index in [9.17, 15) is 10.1 Å². The van der Waals surface area contributed by atoms with E-state index in [0.717, 1.165) is 26.0 Å². The lowest BCUT2D eigenvalue weighted by molar-refractivity contribution is -0.112. The van der Waals surface area contributed by atoms with Crippen LogP contribution in [0.15, 0.2) is 90.5 Å². The molecule has 0 atom stereocenters. The van der Waals surface area contributed by atoms with Crippen LogP contribution in [0.3, 0.4) is 0 Å². The van der Waals surface area contributed by atoms with Crippen LogP contribution in [0.1, 0.15) is 16.7 Å². The molecule has 1 N–H and O–H groups in total. The zero-order valence-electron chi connectivity index (χ0n) is 18.0. The second-order valence-electron chi connectivity index (χ2n) is 7.56. The summed E-state index contributed by atoms with van der Waals surface area (Å²) in [6, 6.07) is 29.5. The topological polar surface area (TPSA) is 62.1 Å². The van der Waals surface area contributed by atoms with E-state index in [1.54, 1.807) is 6.08 Å². The molecular weight excluding hydrogens is 523 g/mol. The number of hydrogen-bond acceptors (Lipinski definition) is 3. The molecule has 0 bridgehead atoms. The third-order valence-corrected chi connectivity index (χ3v) is 6.13. The molecule has 0 saturated carbocycles. The quantitative estimate of drug-likeness (QED) is 0.164. The molecule has 0 aromatic heterocycles. The predicted octanol–water partition coefficient (Wildman–Crippen LogP) is 6.88. The molecule has 0 radical (unpaired) electrons. The smallest absolute Gasteiger partial charge is 0.266 e. The number of ether oxygens (including phenoxy) is 1. The van der Waals surface area contributed by atoms with Crippen LogP contribution in [0.5, 0.6) is 5.75 Å². The number of anilines is 1. The van der Waals surface area contributed by atoms with Crippen molar-refractivity contribution in [1.82, 2.24) is 0 Å². The number of benzene rings is 4. The fourth-order valence-corrected chi connectivity index (χ4v) is 4.21. The minimum Gasteiger partial charge on any atom is -0.488 e. The molecule has 162 valence electrons. The van der Waals surface area contributed by atoms with Gasteiger partial charge in [-0.1, -0.05) is 66.7 Å². The van der Waals surface area contributed by atoms with E-state index in [1.165, 1.54) is 10.8 Å². The lowest BCUT2D eigenvalue weighted by atomic mass is 10.1. The lowest BCUT2D eigenvalue weighted by Gasteiger charge is -2.11. The predicted molar refractivity (Wildman–Crippen MR) is 141 cm³/mol. The molecule has 4 rings (SSSR count). The van der Waals surface area contributed by atoms with E-state index in [1.807, 2.05) is 73.7 Å². The molecule has 0 aliphatic rings. The molecule has 4 aromatic rings. The molecule has 4 nitrogen and oxygen atoms in total. The van der Waals surface area contributed by atoms with Crippen LogP contribution >= 0.6 is 22.6 Å². The lowest BCUT2D eigenvalue weighted by Crippen LogP contribution is -2.14. The monoisotopic (exact) mass is 544 g/mol. The average molecular weight is 544 g/mol. The van der Waals surface area contributed by atoms with Gasteiger partial charge >= 0.3 is 0 Å².